The van der Waals surface area contributed by atoms with Crippen LogP contribution in [-0.2, 0) is 0 Å². The Bertz CT molecular complexity index is 910. The van der Waals surface area contributed by atoms with Gasteiger partial charge >= 0.3 is 0 Å². The fourth-order valence-electron chi connectivity index (χ4n) is 3.96. The molecule has 27 heavy (non-hydrogen) atoms. The Morgan fingerprint density at radius 2 is 1.78 bits per heavy atom. The molecular weight excluding hydrogens is 336 g/mol. The van der Waals surface area contributed by atoms with Crippen molar-refractivity contribution in [2.24, 2.45) is 11.8 Å². The molecule has 0 N–H and O–H groups in total. The van der Waals surface area contributed by atoms with E-state index in [4.69, 9.17) is 5.10 Å². The SMILES string of the molecule is CC1CC(C)CN(C(=O)c2cn(-c3ccccc3)nc2-c2cccnc2)C1. The van der Waals surface area contributed by atoms with Gasteiger partial charge in [0.2, 0.25) is 0 Å². The largest absolute Gasteiger partial charge is 0.338 e. The molecule has 0 aliphatic carbocycles. The molecule has 5 heteroatoms. The third kappa shape index (κ3) is 3.63. The van der Waals surface area contributed by atoms with Crippen LogP contribution in [0.25, 0.3) is 16.9 Å². The van der Waals surface area contributed by atoms with Crippen LogP contribution in [0.5, 0.6) is 0 Å². The Labute approximate surface area is 159 Å². The molecule has 1 fully saturated rings. The number of hydrogen-bond acceptors (Lipinski definition) is 3. The number of likely N-dealkylation sites (tertiary alicyclic amines) is 1. The quantitative estimate of drug-likeness (QED) is 0.708. The number of para-hydroxylation sites is 1. The molecule has 0 spiro atoms. The third-order valence-corrected chi connectivity index (χ3v) is 5.06. The molecule has 1 aliphatic rings. The summed E-state index contributed by atoms with van der Waals surface area (Å²) in [6.07, 6.45) is 6.51. The summed E-state index contributed by atoms with van der Waals surface area (Å²) in [4.78, 5) is 19.6. The summed E-state index contributed by atoms with van der Waals surface area (Å²) in [6.45, 7) is 6.02. The molecule has 0 saturated carbocycles. The minimum atomic E-state index is 0.0504. The number of rotatable bonds is 3. The number of benzene rings is 1. The van der Waals surface area contributed by atoms with Gasteiger partial charge in [-0.05, 0) is 42.5 Å². The number of pyridine rings is 1. The van der Waals surface area contributed by atoms with Gasteiger partial charge in [-0.25, -0.2) is 4.68 Å². The van der Waals surface area contributed by atoms with Crippen LogP contribution in [-0.4, -0.2) is 38.7 Å². The average molecular weight is 360 g/mol. The molecule has 138 valence electrons. The van der Waals surface area contributed by atoms with Gasteiger partial charge in [0.1, 0.15) is 5.69 Å². The predicted molar refractivity (Wildman–Crippen MR) is 106 cm³/mol. The number of carbonyl (C=O) groups excluding carboxylic acids is 1. The minimum absolute atomic E-state index is 0.0504. The van der Waals surface area contributed by atoms with Crippen LogP contribution < -0.4 is 0 Å². The Balaban J connectivity index is 1.76. The standard InChI is InChI=1S/C22H24N4O/c1-16-11-17(2)14-25(13-16)22(27)20-15-26(19-8-4-3-5-9-19)24-21(20)18-7-6-10-23-12-18/h3-10,12,15-17H,11,13-14H2,1-2H3. The van der Waals surface area contributed by atoms with Gasteiger partial charge in [0.25, 0.3) is 5.91 Å². The van der Waals surface area contributed by atoms with E-state index in [0.29, 0.717) is 23.1 Å². The van der Waals surface area contributed by atoms with Gasteiger partial charge in [-0.15, -0.1) is 0 Å². The van der Waals surface area contributed by atoms with Crippen LogP contribution in [0.4, 0.5) is 0 Å². The Kier molecular flexibility index (Phi) is 4.75. The first kappa shape index (κ1) is 17.5. The molecular formula is C22H24N4O. The molecule has 2 unspecified atom stereocenters. The lowest BCUT2D eigenvalue weighted by molar-refractivity contribution is 0.0624. The number of aromatic nitrogens is 3. The summed E-state index contributed by atoms with van der Waals surface area (Å²) >= 11 is 0. The molecule has 1 aromatic carbocycles. The fraction of sp³-hybridized carbons (Fsp3) is 0.318. The van der Waals surface area contributed by atoms with Crippen LogP contribution in [0.15, 0.2) is 61.1 Å². The van der Waals surface area contributed by atoms with E-state index >= 15 is 0 Å². The second-order valence-electron chi connectivity index (χ2n) is 7.57. The maximum Gasteiger partial charge on any atom is 0.257 e. The molecule has 1 saturated heterocycles. The van der Waals surface area contributed by atoms with Gasteiger partial charge < -0.3 is 4.90 Å². The number of piperidine rings is 1. The van der Waals surface area contributed by atoms with Gasteiger partial charge in [0, 0.05) is 37.2 Å². The van der Waals surface area contributed by atoms with Crippen LogP contribution >= 0.6 is 0 Å². The van der Waals surface area contributed by atoms with Gasteiger partial charge in [-0.3, -0.25) is 9.78 Å². The highest BCUT2D eigenvalue weighted by molar-refractivity contribution is 6.00. The van der Waals surface area contributed by atoms with Crippen molar-refractivity contribution in [2.45, 2.75) is 20.3 Å². The zero-order valence-corrected chi connectivity index (χ0v) is 15.7. The van der Waals surface area contributed by atoms with Crippen molar-refractivity contribution in [1.29, 1.82) is 0 Å². The van der Waals surface area contributed by atoms with Gasteiger partial charge in [0.15, 0.2) is 0 Å². The van der Waals surface area contributed by atoms with E-state index < -0.39 is 0 Å². The smallest absolute Gasteiger partial charge is 0.257 e. The van der Waals surface area contributed by atoms with Crippen molar-refractivity contribution >= 4 is 5.91 Å². The highest BCUT2D eigenvalue weighted by atomic mass is 16.2. The first-order chi connectivity index (χ1) is 13.1. The Morgan fingerprint density at radius 3 is 2.44 bits per heavy atom. The number of carbonyl (C=O) groups is 1. The molecule has 3 heterocycles. The molecule has 0 radical (unpaired) electrons. The molecule has 4 rings (SSSR count). The van der Waals surface area contributed by atoms with Crippen molar-refractivity contribution in [2.75, 3.05) is 13.1 Å². The van der Waals surface area contributed by atoms with Gasteiger partial charge in [0.05, 0.1) is 11.3 Å². The van der Waals surface area contributed by atoms with Crippen LogP contribution in [0.2, 0.25) is 0 Å². The van der Waals surface area contributed by atoms with E-state index in [1.807, 2.05) is 53.6 Å². The minimum Gasteiger partial charge on any atom is -0.338 e. The van der Waals surface area contributed by atoms with Gasteiger partial charge in [-0.2, -0.15) is 5.10 Å². The van der Waals surface area contributed by atoms with Crippen molar-refractivity contribution < 1.29 is 4.79 Å². The molecule has 3 aromatic rings. The van der Waals surface area contributed by atoms with E-state index in [-0.39, 0.29) is 5.91 Å². The predicted octanol–water partition coefficient (Wildman–Crippen LogP) is 4.05. The Hall–Kier alpha value is -2.95. The highest BCUT2D eigenvalue weighted by Crippen LogP contribution is 2.27. The summed E-state index contributed by atoms with van der Waals surface area (Å²) in [5.74, 6) is 1.09. The molecule has 0 bridgehead atoms. The molecule has 1 amide bonds. The zero-order valence-electron chi connectivity index (χ0n) is 15.7. The topological polar surface area (TPSA) is 51.0 Å². The van der Waals surface area contributed by atoms with Crippen molar-refractivity contribution in [3.8, 4) is 16.9 Å². The summed E-state index contributed by atoms with van der Waals surface area (Å²) < 4.78 is 1.78. The maximum absolute atomic E-state index is 13.4. The van der Waals surface area contributed by atoms with E-state index in [1.54, 1.807) is 17.1 Å². The molecule has 2 aromatic heterocycles. The van der Waals surface area contributed by atoms with Crippen molar-refractivity contribution in [3.63, 3.8) is 0 Å². The van der Waals surface area contributed by atoms with E-state index in [2.05, 4.69) is 18.8 Å². The first-order valence-corrected chi connectivity index (χ1v) is 9.46. The van der Waals surface area contributed by atoms with Crippen LogP contribution in [0.1, 0.15) is 30.6 Å². The normalized spacial score (nSPS) is 19.9. The zero-order chi connectivity index (χ0) is 18.8. The second-order valence-corrected chi connectivity index (χ2v) is 7.57. The monoisotopic (exact) mass is 360 g/mol. The second kappa shape index (κ2) is 7.35. The molecule has 1 aliphatic heterocycles. The lowest BCUT2D eigenvalue weighted by Crippen LogP contribution is -2.42. The molecule has 5 nitrogen and oxygen atoms in total. The van der Waals surface area contributed by atoms with Gasteiger partial charge in [-0.1, -0.05) is 32.0 Å². The average Bonchev–Trinajstić information content (AvgIpc) is 3.13. The fourth-order valence-corrected chi connectivity index (χ4v) is 3.96. The summed E-state index contributed by atoms with van der Waals surface area (Å²) in [6, 6.07) is 13.7. The summed E-state index contributed by atoms with van der Waals surface area (Å²) in [5, 5.41) is 4.73. The molecule has 2 atom stereocenters. The van der Waals surface area contributed by atoms with E-state index in [1.165, 1.54) is 6.42 Å². The lowest BCUT2D eigenvalue weighted by Gasteiger charge is -2.35. The number of amides is 1. The summed E-state index contributed by atoms with van der Waals surface area (Å²) in [5.41, 5.74) is 3.10. The van der Waals surface area contributed by atoms with E-state index in [9.17, 15) is 4.79 Å². The number of hydrogen-bond donors (Lipinski definition) is 0. The first-order valence-electron chi connectivity index (χ1n) is 9.46. The van der Waals surface area contributed by atoms with Crippen LogP contribution in [0.3, 0.4) is 0 Å². The van der Waals surface area contributed by atoms with Crippen LogP contribution in [0, 0.1) is 11.8 Å². The maximum atomic E-state index is 13.4. The summed E-state index contributed by atoms with van der Waals surface area (Å²) in [7, 11) is 0. The van der Waals surface area contributed by atoms with E-state index in [0.717, 1.165) is 24.3 Å². The highest BCUT2D eigenvalue weighted by Gasteiger charge is 2.29. The number of nitrogens with zero attached hydrogens (tertiary/aromatic N) is 4. The lowest BCUT2D eigenvalue weighted by atomic mass is 9.91. The Morgan fingerprint density at radius 1 is 1.04 bits per heavy atom. The van der Waals surface area contributed by atoms with Crippen molar-refractivity contribution in [1.82, 2.24) is 19.7 Å². The third-order valence-electron chi connectivity index (χ3n) is 5.06. The van der Waals surface area contributed by atoms with Crippen molar-refractivity contribution in [3.05, 3.63) is 66.6 Å².